The monoisotopic (exact) mass is 173 g/mol. The molecule has 0 spiro atoms. The molecule has 1 atom stereocenters. The summed E-state index contributed by atoms with van der Waals surface area (Å²) in [4.78, 5) is 2.36. The van der Waals surface area contributed by atoms with Crippen LogP contribution in [-0.4, -0.2) is 49.0 Å². The Hall–Kier alpha value is -0.120. The van der Waals surface area contributed by atoms with Gasteiger partial charge in [-0.1, -0.05) is 13.8 Å². The summed E-state index contributed by atoms with van der Waals surface area (Å²) >= 11 is 0. The van der Waals surface area contributed by atoms with Gasteiger partial charge in [0.25, 0.3) is 0 Å². The van der Waals surface area contributed by atoms with Crippen molar-refractivity contribution in [3.8, 4) is 0 Å². The summed E-state index contributed by atoms with van der Waals surface area (Å²) in [6.07, 6.45) is 0.0394. The van der Waals surface area contributed by atoms with Gasteiger partial charge in [0.1, 0.15) is 0 Å². The Morgan fingerprint density at radius 3 is 2.92 bits per heavy atom. The molecule has 1 rings (SSSR count). The highest BCUT2D eigenvalue weighted by Crippen LogP contribution is 2.06. The largest absolute Gasteiger partial charge is 0.394 e. The molecule has 0 saturated carbocycles. The van der Waals surface area contributed by atoms with Crippen LogP contribution in [0.4, 0.5) is 0 Å². The fourth-order valence-corrected chi connectivity index (χ4v) is 1.57. The predicted molar refractivity (Wildman–Crippen MR) is 48.1 cm³/mol. The van der Waals surface area contributed by atoms with Gasteiger partial charge >= 0.3 is 0 Å². The Morgan fingerprint density at radius 1 is 1.58 bits per heavy atom. The number of ether oxygens (including phenoxy) is 1. The first-order valence-corrected chi connectivity index (χ1v) is 4.67. The Bertz CT molecular complexity index is 128. The van der Waals surface area contributed by atoms with Gasteiger partial charge in [-0.25, -0.2) is 0 Å². The fourth-order valence-electron chi connectivity index (χ4n) is 1.57. The zero-order valence-electron chi connectivity index (χ0n) is 7.99. The molecule has 72 valence electrons. The van der Waals surface area contributed by atoms with Crippen molar-refractivity contribution in [2.24, 2.45) is 5.92 Å². The highest BCUT2D eigenvalue weighted by Gasteiger charge is 2.19. The Balaban J connectivity index is 2.25. The third-order valence-electron chi connectivity index (χ3n) is 2.05. The maximum absolute atomic E-state index is 8.89. The maximum atomic E-state index is 8.89. The standard InChI is InChI=1S/C9H19NO2/c1-8(2)5-10-3-4-12-9(6-10)7-11/h8-9,11H,3-7H2,1-2H3. The first kappa shape index (κ1) is 9.96. The third kappa shape index (κ3) is 3.09. The van der Waals surface area contributed by atoms with E-state index in [0.717, 1.165) is 26.2 Å². The van der Waals surface area contributed by atoms with Crippen LogP contribution in [-0.2, 0) is 4.74 Å². The van der Waals surface area contributed by atoms with Crippen LogP contribution < -0.4 is 0 Å². The topological polar surface area (TPSA) is 32.7 Å². The zero-order chi connectivity index (χ0) is 8.97. The molecule has 1 aliphatic rings. The number of hydrogen-bond acceptors (Lipinski definition) is 3. The smallest absolute Gasteiger partial charge is 0.0932 e. The van der Waals surface area contributed by atoms with Crippen LogP contribution >= 0.6 is 0 Å². The summed E-state index contributed by atoms with van der Waals surface area (Å²) < 4.78 is 5.35. The van der Waals surface area contributed by atoms with Crippen LogP contribution in [0.2, 0.25) is 0 Å². The second kappa shape index (κ2) is 4.80. The number of morpholine rings is 1. The number of rotatable bonds is 3. The van der Waals surface area contributed by atoms with E-state index in [1.807, 2.05) is 0 Å². The van der Waals surface area contributed by atoms with E-state index in [0.29, 0.717) is 5.92 Å². The summed E-state index contributed by atoms with van der Waals surface area (Å²) in [7, 11) is 0. The molecule has 0 aromatic rings. The van der Waals surface area contributed by atoms with Gasteiger partial charge in [0.05, 0.1) is 19.3 Å². The molecule has 1 unspecified atom stereocenters. The Kier molecular flexibility index (Phi) is 3.98. The van der Waals surface area contributed by atoms with Crippen LogP contribution in [0, 0.1) is 5.92 Å². The van der Waals surface area contributed by atoms with E-state index in [2.05, 4.69) is 18.7 Å². The van der Waals surface area contributed by atoms with Crippen LogP contribution in [0.5, 0.6) is 0 Å². The third-order valence-corrected chi connectivity index (χ3v) is 2.05. The average Bonchev–Trinajstić information content (AvgIpc) is 2.03. The first-order chi connectivity index (χ1) is 5.72. The Morgan fingerprint density at radius 2 is 2.33 bits per heavy atom. The van der Waals surface area contributed by atoms with Crippen molar-refractivity contribution in [1.29, 1.82) is 0 Å². The molecule has 1 saturated heterocycles. The van der Waals surface area contributed by atoms with Gasteiger partial charge in [0, 0.05) is 19.6 Å². The molecule has 0 aliphatic carbocycles. The molecule has 1 heterocycles. The van der Waals surface area contributed by atoms with Crippen LogP contribution in [0.25, 0.3) is 0 Å². The lowest BCUT2D eigenvalue weighted by molar-refractivity contribution is -0.0551. The minimum absolute atomic E-state index is 0.0394. The Labute approximate surface area is 74.3 Å². The van der Waals surface area contributed by atoms with E-state index in [1.165, 1.54) is 0 Å². The van der Waals surface area contributed by atoms with Crippen molar-refractivity contribution in [3.63, 3.8) is 0 Å². The molecule has 1 N–H and O–H groups in total. The molecule has 0 aromatic heterocycles. The van der Waals surface area contributed by atoms with E-state index < -0.39 is 0 Å². The molecule has 0 radical (unpaired) electrons. The lowest BCUT2D eigenvalue weighted by Gasteiger charge is -2.32. The molecule has 1 fully saturated rings. The molecule has 3 nitrogen and oxygen atoms in total. The van der Waals surface area contributed by atoms with Gasteiger partial charge in [-0.3, -0.25) is 4.90 Å². The average molecular weight is 173 g/mol. The second-order valence-electron chi connectivity index (χ2n) is 3.83. The summed E-state index contributed by atoms with van der Waals surface area (Å²) in [5.41, 5.74) is 0. The number of nitrogens with zero attached hydrogens (tertiary/aromatic N) is 1. The minimum atomic E-state index is 0.0394. The molecule has 0 aromatic carbocycles. The van der Waals surface area contributed by atoms with E-state index in [1.54, 1.807) is 0 Å². The van der Waals surface area contributed by atoms with Gasteiger partial charge in [-0.15, -0.1) is 0 Å². The van der Waals surface area contributed by atoms with E-state index in [4.69, 9.17) is 9.84 Å². The van der Waals surface area contributed by atoms with E-state index in [9.17, 15) is 0 Å². The SMILES string of the molecule is CC(C)CN1CCOC(CO)C1. The minimum Gasteiger partial charge on any atom is -0.394 e. The normalized spacial score (nSPS) is 26.5. The van der Waals surface area contributed by atoms with Gasteiger partial charge in [-0.2, -0.15) is 0 Å². The zero-order valence-corrected chi connectivity index (χ0v) is 7.99. The summed E-state index contributed by atoms with van der Waals surface area (Å²) in [6.45, 7) is 8.34. The maximum Gasteiger partial charge on any atom is 0.0932 e. The van der Waals surface area contributed by atoms with Crippen molar-refractivity contribution in [3.05, 3.63) is 0 Å². The summed E-state index contributed by atoms with van der Waals surface area (Å²) in [5, 5.41) is 8.89. The molecule has 12 heavy (non-hydrogen) atoms. The van der Waals surface area contributed by atoms with Crippen LogP contribution in [0.15, 0.2) is 0 Å². The van der Waals surface area contributed by atoms with Gasteiger partial charge < -0.3 is 9.84 Å². The highest BCUT2D eigenvalue weighted by molar-refractivity contribution is 4.71. The molecule has 0 amide bonds. The molecule has 1 aliphatic heterocycles. The fraction of sp³-hybridized carbons (Fsp3) is 1.00. The summed E-state index contributed by atoms with van der Waals surface area (Å²) in [5.74, 6) is 0.697. The van der Waals surface area contributed by atoms with Gasteiger partial charge in [0.15, 0.2) is 0 Å². The number of aliphatic hydroxyl groups is 1. The van der Waals surface area contributed by atoms with Crippen molar-refractivity contribution in [2.75, 3.05) is 32.8 Å². The number of aliphatic hydroxyl groups excluding tert-OH is 1. The van der Waals surface area contributed by atoms with Crippen molar-refractivity contribution in [2.45, 2.75) is 20.0 Å². The van der Waals surface area contributed by atoms with Crippen molar-refractivity contribution >= 4 is 0 Å². The number of hydrogen-bond donors (Lipinski definition) is 1. The van der Waals surface area contributed by atoms with Gasteiger partial charge in [-0.05, 0) is 5.92 Å². The quantitative estimate of drug-likeness (QED) is 0.668. The molecule has 0 bridgehead atoms. The lowest BCUT2D eigenvalue weighted by atomic mass is 10.2. The molecular formula is C9H19NO2. The predicted octanol–water partition coefficient (Wildman–Crippen LogP) is 0.336. The van der Waals surface area contributed by atoms with Crippen molar-refractivity contribution < 1.29 is 9.84 Å². The molecular weight excluding hydrogens is 154 g/mol. The van der Waals surface area contributed by atoms with Crippen LogP contribution in [0.3, 0.4) is 0 Å². The first-order valence-electron chi connectivity index (χ1n) is 4.67. The van der Waals surface area contributed by atoms with Gasteiger partial charge in [0.2, 0.25) is 0 Å². The van der Waals surface area contributed by atoms with E-state index >= 15 is 0 Å². The molecule has 3 heteroatoms. The van der Waals surface area contributed by atoms with E-state index in [-0.39, 0.29) is 12.7 Å². The highest BCUT2D eigenvalue weighted by atomic mass is 16.5. The second-order valence-corrected chi connectivity index (χ2v) is 3.83. The van der Waals surface area contributed by atoms with Crippen LogP contribution in [0.1, 0.15) is 13.8 Å². The lowest BCUT2D eigenvalue weighted by Crippen LogP contribution is -2.45. The summed E-state index contributed by atoms with van der Waals surface area (Å²) in [6, 6.07) is 0. The van der Waals surface area contributed by atoms with Crippen molar-refractivity contribution in [1.82, 2.24) is 4.90 Å².